The Kier molecular flexibility index (Phi) is 16.4. The van der Waals surface area contributed by atoms with E-state index in [-0.39, 0.29) is 12.1 Å². The first kappa shape index (κ1) is 23.1. The third-order valence-corrected chi connectivity index (χ3v) is 4.14. The van der Waals surface area contributed by atoms with E-state index in [0.717, 1.165) is 25.8 Å². The molecule has 0 spiro atoms. The topological polar surface area (TPSA) is 49.8 Å². The lowest BCUT2D eigenvalue weighted by Gasteiger charge is -2.25. The fourth-order valence-corrected chi connectivity index (χ4v) is 2.71. The van der Waals surface area contributed by atoms with Gasteiger partial charge < -0.3 is 9.84 Å². The molecule has 0 fully saturated rings. The first-order valence-corrected chi connectivity index (χ1v) is 9.83. The third kappa shape index (κ3) is 14.7. The number of hydrogen-bond donors (Lipinski definition) is 1. The van der Waals surface area contributed by atoms with Crippen LogP contribution >= 0.6 is 0 Å². The summed E-state index contributed by atoms with van der Waals surface area (Å²) < 4.78 is 5.19. The van der Waals surface area contributed by atoms with Crippen LogP contribution in [0.5, 0.6) is 0 Å². The van der Waals surface area contributed by atoms with Crippen molar-refractivity contribution in [2.75, 3.05) is 26.2 Å². The third-order valence-electron chi connectivity index (χ3n) is 4.14. The molecule has 0 aromatic heterocycles. The molecule has 0 aliphatic rings. The van der Waals surface area contributed by atoms with Crippen LogP contribution < -0.4 is 0 Å². The number of esters is 1. The van der Waals surface area contributed by atoms with Crippen LogP contribution in [0.1, 0.15) is 78.6 Å². The maximum absolute atomic E-state index is 11.4. The summed E-state index contributed by atoms with van der Waals surface area (Å²) in [5.74, 6) is -0.288. The van der Waals surface area contributed by atoms with Crippen LogP contribution in [0, 0.1) is 0 Å². The van der Waals surface area contributed by atoms with Gasteiger partial charge in [0, 0.05) is 19.2 Å². The molecule has 0 aromatic carbocycles. The molecule has 0 saturated carbocycles. The van der Waals surface area contributed by atoms with E-state index in [9.17, 15) is 9.90 Å². The average Bonchev–Trinajstić information content (AvgIpc) is 2.55. The van der Waals surface area contributed by atoms with Crippen molar-refractivity contribution in [1.29, 1.82) is 0 Å². The van der Waals surface area contributed by atoms with Gasteiger partial charge in [-0.15, -0.1) is 0 Å². The molecule has 0 heterocycles. The quantitative estimate of drug-likeness (QED) is 0.258. The molecule has 1 unspecified atom stereocenters. The van der Waals surface area contributed by atoms with Gasteiger partial charge in [-0.25, -0.2) is 4.79 Å². The minimum Gasteiger partial charge on any atom is -0.461 e. The highest BCUT2D eigenvalue weighted by molar-refractivity contribution is 5.81. The van der Waals surface area contributed by atoms with Gasteiger partial charge in [-0.2, -0.15) is 0 Å². The molecule has 1 N–H and O–H groups in total. The molecular formula is C20H39NO3. The lowest BCUT2D eigenvalue weighted by molar-refractivity contribution is -0.138. The Bertz CT molecular complexity index is 318. The van der Waals surface area contributed by atoms with E-state index in [1.165, 1.54) is 44.6 Å². The van der Waals surface area contributed by atoms with Gasteiger partial charge in [0.25, 0.3) is 0 Å². The maximum Gasteiger partial charge on any atom is 0.330 e. The van der Waals surface area contributed by atoms with E-state index in [4.69, 9.17) is 4.74 Å². The molecule has 142 valence electrons. The predicted molar refractivity (Wildman–Crippen MR) is 101 cm³/mol. The number of carbonyl (C=O) groups is 1. The highest BCUT2D eigenvalue weighted by atomic mass is 16.5. The summed E-state index contributed by atoms with van der Waals surface area (Å²) in [4.78, 5) is 13.6. The van der Waals surface area contributed by atoms with E-state index in [1.807, 2.05) is 0 Å². The maximum atomic E-state index is 11.4. The summed E-state index contributed by atoms with van der Waals surface area (Å²) in [5.41, 5.74) is 0. The molecule has 24 heavy (non-hydrogen) atoms. The summed E-state index contributed by atoms with van der Waals surface area (Å²) in [5, 5.41) is 10.3. The Morgan fingerprint density at radius 1 is 1.04 bits per heavy atom. The van der Waals surface area contributed by atoms with Crippen LogP contribution in [0.3, 0.4) is 0 Å². The zero-order chi connectivity index (χ0) is 18.0. The standard InChI is InChI=1S/C20H39NO3/c1-4-7-9-11-14-19(22)18-21(15-12-10-8-5-2)16-17-24-20(23)13-6-3/h6,13,19,22H,4-5,7-12,14-18H2,1-3H3/b13-6+. The molecule has 0 aromatic rings. The molecule has 0 saturated heterocycles. The van der Waals surface area contributed by atoms with Crippen LogP contribution in [0.25, 0.3) is 0 Å². The van der Waals surface area contributed by atoms with Crippen molar-refractivity contribution < 1.29 is 14.6 Å². The predicted octanol–water partition coefficient (Wildman–Crippen LogP) is 4.32. The largest absolute Gasteiger partial charge is 0.461 e. The molecule has 0 aliphatic heterocycles. The number of nitrogens with zero attached hydrogens (tertiary/aromatic N) is 1. The normalized spacial score (nSPS) is 12.9. The number of unbranched alkanes of at least 4 members (excludes halogenated alkanes) is 6. The lowest BCUT2D eigenvalue weighted by Crippen LogP contribution is -2.36. The summed E-state index contributed by atoms with van der Waals surface area (Å²) in [6, 6.07) is 0. The summed E-state index contributed by atoms with van der Waals surface area (Å²) in [7, 11) is 0. The van der Waals surface area contributed by atoms with Gasteiger partial charge in [-0.05, 0) is 26.3 Å². The zero-order valence-electron chi connectivity index (χ0n) is 16.1. The zero-order valence-corrected chi connectivity index (χ0v) is 16.1. The van der Waals surface area contributed by atoms with Crippen molar-refractivity contribution in [2.24, 2.45) is 0 Å². The Labute approximate surface area is 149 Å². The lowest BCUT2D eigenvalue weighted by atomic mass is 10.1. The highest BCUT2D eigenvalue weighted by Gasteiger charge is 2.12. The van der Waals surface area contributed by atoms with Gasteiger partial charge in [-0.1, -0.05) is 64.9 Å². The first-order chi connectivity index (χ1) is 11.6. The van der Waals surface area contributed by atoms with Crippen LogP contribution in [0.2, 0.25) is 0 Å². The molecule has 4 heteroatoms. The molecular weight excluding hydrogens is 302 g/mol. The smallest absolute Gasteiger partial charge is 0.330 e. The van der Waals surface area contributed by atoms with Crippen molar-refractivity contribution in [1.82, 2.24) is 4.90 Å². The van der Waals surface area contributed by atoms with E-state index in [0.29, 0.717) is 19.7 Å². The Morgan fingerprint density at radius 3 is 2.33 bits per heavy atom. The minimum atomic E-state index is -0.288. The van der Waals surface area contributed by atoms with Gasteiger partial charge in [-0.3, -0.25) is 4.90 Å². The van der Waals surface area contributed by atoms with Gasteiger partial charge in [0.2, 0.25) is 0 Å². The van der Waals surface area contributed by atoms with Crippen LogP contribution in [-0.4, -0.2) is 48.3 Å². The second kappa shape index (κ2) is 17.0. The van der Waals surface area contributed by atoms with E-state index in [1.54, 1.807) is 13.0 Å². The van der Waals surface area contributed by atoms with Crippen LogP contribution in [0.15, 0.2) is 12.2 Å². The summed E-state index contributed by atoms with van der Waals surface area (Å²) >= 11 is 0. The number of aliphatic hydroxyl groups is 1. The van der Waals surface area contributed by atoms with Crippen molar-refractivity contribution in [2.45, 2.75) is 84.7 Å². The van der Waals surface area contributed by atoms with Crippen molar-refractivity contribution in [3.05, 3.63) is 12.2 Å². The Balaban J connectivity index is 4.12. The SMILES string of the molecule is C/C=C/C(=O)OCCN(CCCCCC)CC(O)CCCCCC. The Hall–Kier alpha value is -0.870. The van der Waals surface area contributed by atoms with Crippen molar-refractivity contribution in [3.8, 4) is 0 Å². The Morgan fingerprint density at radius 2 is 1.71 bits per heavy atom. The number of carbonyl (C=O) groups excluding carboxylic acids is 1. The number of allylic oxidation sites excluding steroid dienone is 1. The van der Waals surface area contributed by atoms with Gasteiger partial charge in [0.1, 0.15) is 6.61 Å². The molecule has 0 bridgehead atoms. The average molecular weight is 342 g/mol. The van der Waals surface area contributed by atoms with Gasteiger partial charge in [0.15, 0.2) is 0 Å². The fraction of sp³-hybridized carbons (Fsp3) is 0.850. The van der Waals surface area contributed by atoms with Crippen molar-refractivity contribution >= 4 is 5.97 Å². The molecule has 0 aliphatic carbocycles. The molecule has 0 radical (unpaired) electrons. The molecule has 1 atom stereocenters. The molecule has 4 nitrogen and oxygen atoms in total. The fourth-order valence-electron chi connectivity index (χ4n) is 2.71. The highest BCUT2D eigenvalue weighted by Crippen LogP contribution is 2.08. The van der Waals surface area contributed by atoms with E-state index < -0.39 is 0 Å². The number of ether oxygens (including phenoxy) is 1. The summed E-state index contributed by atoms with van der Waals surface area (Å²) in [6.07, 6.45) is 13.3. The van der Waals surface area contributed by atoms with E-state index >= 15 is 0 Å². The van der Waals surface area contributed by atoms with Gasteiger partial charge >= 0.3 is 5.97 Å². The van der Waals surface area contributed by atoms with Crippen LogP contribution in [0.4, 0.5) is 0 Å². The first-order valence-electron chi connectivity index (χ1n) is 9.83. The number of rotatable bonds is 16. The van der Waals surface area contributed by atoms with Crippen molar-refractivity contribution in [3.63, 3.8) is 0 Å². The number of hydrogen-bond acceptors (Lipinski definition) is 4. The minimum absolute atomic E-state index is 0.278. The van der Waals surface area contributed by atoms with Gasteiger partial charge in [0.05, 0.1) is 6.10 Å². The molecule has 0 rings (SSSR count). The van der Waals surface area contributed by atoms with E-state index in [2.05, 4.69) is 18.7 Å². The van der Waals surface area contributed by atoms with Crippen LogP contribution in [-0.2, 0) is 9.53 Å². The summed E-state index contributed by atoms with van der Waals surface area (Å²) in [6.45, 7) is 8.94. The number of aliphatic hydroxyl groups excluding tert-OH is 1. The molecule has 0 amide bonds. The second-order valence-electron chi connectivity index (χ2n) is 6.53. The monoisotopic (exact) mass is 341 g/mol. The second-order valence-corrected chi connectivity index (χ2v) is 6.53.